The van der Waals surface area contributed by atoms with Gasteiger partial charge in [-0.3, -0.25) is 9.59 Å². The Labute approximate surface area is 167 Å². The second kappa shape index (κ2) is 6.41. The number of carbonyl (C=O) groups excluding carboxylic acids is 2. The average molecular weight is 399 g/mol. The summed E-state index contributed by atoms with van der Waals surface area (Å²) in [6.45, 7) is 2.62. The first-order chi connectivity index (χ1) is 13.5. The van der Waals surface area contributed by atoms with Gasteiger partial charge in [0.2, 0.25) is 11.8 Å². The van der Waals surface area contributed by atoms with Gasteiger partial charge in [-0.15, -0.1) is 11.3 Å². The lowest BCUT2D eigenvalue weighted by Gasteiger charge is -2.41. The third kappa shape index (κ3) is 2.69. The summed E-state index contributed by atoms with van der Waals surface area (Å²) in [5, 5.41) is 5.16. The highest BCUT2D eigenvalue weighted by Crippen LogP contribution is 2.56. The van der Waals surface area contributed by atoms with E-state index in [1.165, 1.54) is 12.1 Å². The molecule has 2 heterocycles. The maximum Gasteiger partial charge on any atom is 0.246 e. The lowest BCUT2D eigenvalue weighted by molar-refractivity contribution is -0.148. The minimum Gasteiger partial charge on any atom is -0.345 e. The van der Waals surface area contributed by atoms with Gasteiger partial charge in [0, 0.05) is 17.3 Å². The summed E-state index contributed by atoms with van der Waals surface area (Å²) in [5.41, 5.74) is 0.350. The van der Waals surface area contributed by atoms with Gasteiger partial charge < -0.3 is 10.2 Å². The molecule has 1 N–H and O–H groups in total. The van der Waals surface area contributed by atoms with Crippen LogP contribution in [0.15, 0.2) is 41.8 Å². The number of thiophene rings is 1. The highest BCUT2D eigenvalue weighted by atomic mass is 32.1. The molecule has 4 nitrogen and oxygen atoms in total. The first kappa shape index (κ1) is 17.9. The highest BCUT2D eigenvalue weighted by molar-refractivity contribution is 7.10. The third-order valence-corrected chi connectivity index (χ3v) is 7.66. The second-order valence-corrected chi connectivity index (χ2v) is 9.20. The van der Waals surface area contributed by atoms with E-state index in [0.29, 0.717) is 6.54 Å². The molecule has 1 spiro atoms. The number of hydrogen-bond acceptors (Lipinski definition) is 3. The van der Waals surface area contributed by atoms with Crippen LogP contribution in [0.3, 0.4) is 0 Å². The molecule has 0 radical (unpaired) electrons. The fraction of sp³-hybridized carbons (Fsp3) is 0.455. The molecule has 2 aliphatic carbocycles. The minimum atomic E-state index is -0.657. The van der Waals surface area contributed by atoms with E-state index in [-0.39, 0.29) is 41.4 Å². The normalized spacial score (nSPS) is 33.6. The molecule has 1 aromatic heterocycles. The number of benzene rings is 1. The topological polar surface area (TPSA) is 49.4 Å². The van der Waals surface area contributed by atoms with Gasteiger partial charge in [0.05, 0.1) is 6.04 Å². The standard InChI is InChI=1S/C22H23FN2O2S/c1-2-14-11-22(14)21(27)24-18(19-4-3-9-28-19)12-25(22)20(26)17-10-16(17)13-5-7-15(23)8-6-13/h3-9,14,16-18H,2,10-12H2,1H3,(H,24,27)/t14-,16+,17-,18-,22?/m1/s1. The zero-order valence-electron chi connectivity index (χ0n) is 15.7. The van der Waals surface area contributed by atoms with Crippen molar-refractivity contribution >= 4 is 23.2 Å². The largest absolute Gasteiger partial charge is 0.345 e. The Morgan fingerprint density at radius 2 is 2.11 bits per heavy atom. The molecule has 2 saturated carbocycles. The smallest absolute Gasteiger partial charge is 0.246 e. The summed E-state index contributed by atoms with van der Waals surface area (Å²) in [6, 6.07) is 10.3. The molecule has 2 aromatic rings. The summed E-state index contributed by atoms with van der Waals surface area (Å²) in [5.74, 6) is 0.0905. The van der Waals surface area contributed by atoms with Crippen molar-refractivity contribution in [1.82, 2.24) is 10.2 Å². The molecule has 6 heteroatoms. The van der Waals surface area contributed by atoms with Crippen molar-refractivity contribution in [1.29, 1.82) is 0 Å². The van der Waals surface area contributed by atoms with Crippen LogP contribution in [-0.2, 0) is 9.59 Å². The van der Waals surface area contributed by atoms with E-state index in [4.69, 9.17) is 0 Å². The van der Waals surface area contributed by atoms with Gasteiger partial charge in [-0.1, -0.05) is 31.5 Å². The van der Waals surface area contributed by atoms with Crippen LogP contribution in [0.5, 0.6) is 0 Å². The quantitative estimate of drug-likeness (QED) is 0.850. The predicted molar refractivity (Wildman–Crippen MR) is 105 cm³/mol. The fourth-order valence-electron chi connectivity index (χ4n) is 4.89. The van der Waals surface area contributed by atoms with Crippen molar-refractivity contribution < 1.29 is 14.0 Å². The van der Waals surface area contributed by atoms with E-state index in [2.05, 4.69) is 12.2 Å². The van der Waals surface area contributed by atoms with Crippen molar-refractivity contribution in [2.75, 3.05) is 6.54 Å². The number of nitrogens with zero attached hydrogens (tertiary/aromatic N) is 1. The zero-order valence-corrected chi connectivity index (χ0v) is 16.5. The molecule has 2 amide bonds. The van der Waals surface area contributed by atoms with Crippen LogP contribution in [0.2, 0.25) is 0 Å². The van der Waals surface area contributed by atoms with E-state index in [1.54, 1.807) is 23.5 Å². The van der Waals surface area contributed by atoms with Crippen LogP contribution in [-0.4, -0.2) is 28.8 Å². The Kier molecular flexibility index (Phi) is 4.09. The Morgan fingerprint density at radius 3 is 2.75 bits per heavy atom. The first-order valence-electron chi connectivity index (χ1n) is 9.96. The predicted octanol–water partition coefficient (Wildman–Crippen LogP) is 3.86. The average Bonchev–Trinajstić information content (AvgIpc) is 3.58. The number of hydrogen-bond donors (Lipinski definition) is 1. The summed E-state index contributed by atoms with van der Waals surface area (Å²) < 4.78 is 13.2. The van der Waals surface area contributed by atoms with Crippen molar-refractivity contribution in [3.8, 4) is 0 Å². The van der Waals surface area contributed by atoms with Gasteiger partial charge in [-0.05, 0) is 53.8 Å². The Hall–Kier alpha value is -2.21. The number of carbonyl (C=O) groups is 2. The molecular formula is C22H23FN2O2S. The molecule has 3 fully saturated rings. The SMILES string of the molecule is CC[C@@H]1CC12C(=O)N[C@@H](c1cccs1)CN2C(=O)[C@@H]1C[C@H]1c1ccc(F)cc1. The Bertz CT molecular complexity index is 913. The van der Waals surface area contributed by atoms with Crippen molar-refractivity contribution in [3.63, 3.8) is 0 Å². The summed E-state index contributed by atoms with van der Waals surface area (Å²) in [4.78, 5) is 29.5. The number of nitrogens with one attached hydrogen (secondary N) is 1. The molecule has 146 valence electrons. The molecule has 5 atom stereocenters. The van der Waals surface area contributed by atoms with Gasteiger partial charge >= 0.3 is 0 Å². The van der Waals surface area contributed by atoms with Crippen LogP contribution >= 0.6 is 11.3 Å². The lowest BCUT2D eigenvalue weighted by Crippen LogP contribution is -2.61. The molecule has 1 saturated heterocycles. The van der Waals surface area contributed by atoms with Crippen LogP contribution in [0, 0.1) is 17.7 Å². The third-order valence-electron chi connectivity index (χ3n) is 6.67. The van der Waals surface area contributed by atoms with E-state index in [1.807, 2.05) is 22.4 Å². The van der Waals surface area contributed by atoms with E-state index < -0.39 is 5.54 Å². The molecule has 1 aliphatic heterocycles. The molecule has 3 aliphatic rings. The number of rotatable bonds is 4. The summed E-state index contributed by atoms with van der Waals surface area (Å²) in [7, 11) is 0. The van der Waals surface area contributed by atoms with Crippen LogP contribution in [0.1, 0.15) is 48.6 Å². The van der Waals surface area contributed by atoms with Gasteiger partial charge in [0.15, 0.2) is 0 Å². The number of piperazine rings is 1. The summed E-state index contributed by atoms with van der Waals surface area (Å²) in [6.07, 6.45) is 2.43. The van der Waals surface area contributed by atoms with Crippen LogP contribution < -0.4 is 5.32 Å². The Balaban J connectivity index is 1.40. The van der Waals surface area contributed by atoms with Crippen molar-refractivity contribution in [2.24, 2.45) is 11.8 Å². The first-order valence-corrected chi connectivity index (χ1v) is 10.8. The van der Waals surface area contributed by atoms with E-state index in [0.717, 1.165) is 29.7 Å². The van der Waals surface area contributed by atoms with Crippen molar-refractivity contribution in [3.05, 3.63) is 58.0 Å². The summed E-state index contributed by atoms with van der Waals surface area (Å²) >= 11 is 1.61. The van der Waals surface area contributed by atoms with E-state index in [9.17, 15) is 14.0 Å². The van der Waals surface area contributed by atoms with Crippen LogP contribution in [0.4, 0.5) is 4.39 Å². The molecule has 1 unspecified atom stereocenters. The Morgan fingerprint density at radius 1 is 1.32 bits per heavy atom. The minimum absolute atomic E-state index is 0.00340. The number of amides is 2. The molecule has 1 aromatic carbocycles. The maximum atomic E-state index is 13.5. The monoisotopic (exact) mass is 398 g/mol. The van der Waals surface area contributed by atoms with Gasteiger partial charge in [0.1, 0.15) is 11.4 Å². The van der Waals surface area contributed by atoms with Crippen LogP contribution in [0.25, 0.3) is 0 Å². The maximum absolute atomic E-state index is 13.5. The van der Waals surface area contributed by atoms with E-state index >= 15 is 0 Å². The fourth-order valence-corrected chi connectivity index (χ4v) is 5.66. The molecule has 5 rings (SSSR count). The van der Waals surface area contributed by atoms with Gasteiger partial charge in [-0.25, -0.2) is 4.39 Å². The van der Waals surface area contributed by atoms with Gasteiger partial charge in [-0.2, -0.15) is 0 Å². The molecule has 28 heavy (non-hydrogen) atoms. The highest BCUT2D eigenvalue weighted by Gasteiger charge is 2.67. The second-order valence-electron chi connectivity index (χ2n) is 8.22. The van der Waals surface area contributed by atoms with Crippen molar-refractivity contribution in [2.45, 2.75) is 43.7 Å². The van der Waals surface area contributed by atoms with Gasteiger partial charge in [0.25, 0.3) is 0 Å². The molecule has 0 bridgehead atoms. The molecular weight excluding hydrogens is 375 g/mol. The number of halogens is 1. The lowest BCUT2D eigenvalue weighted by atomic mass is 10.00. The zero-order chi connectivity index (χ0) is 19.5.